The first-order valence-electron chi connectivity index (χ1n) is 7.97. The van der Waals surface area contributed by atoms with Gasteiger partial charge in [0, 0.05) is 0 Å². The van der Waals surface area contributed by atoms with Gasteiger partial charge in [-0.3, -0.25) is 0 Å². The van der Waals surface area contributed by atoms with Crippen LogP contribution in [0.3, 0.4) is 0 Å². The molecule has 1 aliphatic heterocycles. The zero-order chi connectivity index (χ0) is 16.4. The summed E-state index contributed by atoms with van der Waals surface area (Å²) < 4.78 is 11.8. The van der Waals surface area contributed by atoms with E-state index in [2.05, 4.69) is 0 Å². The van der Waals surface area contributed by atoms with Crippen LogP contribution >= 0.6 is 0 Å². The average Bonchev–Trinajstić information content (AvgIpc) is 2.65. The highest BCUT2D eigenvalue weighted by Crippen LogP contribution is 2.37. The molecule has 22 heavy (non-hydrogen) atoms. The summed E-state index contributed by atoms with van der Waals surface area (Å²) >= 11 is 0. The smallest absolute Gasteiger partial charge is 0.400 e. The van der Waals surface area contributed by atoms with Crippen LogP contribution in [0, 0.1) is 5.92 Å². The Balaban J connectivity index is 1.90. The molecule has 0 saturated carbocycles. The molecule has 120 valence electrons. The largest absolute Gasteiger partial charge is 0.486 e. The molecule has 1 saturated heterocycles. The third-order valence-corrected chi connectivity index (χ3v) is 4.74. The predicted octanol–water partition coefficient (Wildman–Crippen LogP) is 3.41. The van der Waals surface area contributed by atoms with Crippen LogP contribution < -0.4 is 0 Å². The summed E-state index contributed by atoms with van der Waals surface area (Å²) in [4.78, 5) is 0. The molecule has 0 aliphatic carbocycles. The Labute approximate surface area is 134 Å². The Bertz CT molecular complexity index is 494. The number of rotatable bonds is 5. The molecule has 1 aliphatic rings. The molecule has 3 nitrogen and oxygen atoms in total. The number of hydrogen-bond donors (Lipinski definition) is 1. The predicted molar refractivity (Wildman–Crippen MR) is 90.5 cm³/mol. The Morgan fingerprint density at radius 1 is 1.09 bits per heavy atom. The van der Waals surface area contributed by atoms with Gasteiger partial charge in [0.1, 0.15) is 0 Å². The van der Waals surface area contributed by atoms with Crippen LogP contribution in [-0.4, -0.2) is 29.5 Å². The normalized spacial score (nSPS) is 22.9. The van der Waals surface area contributed by atoms with Gasteiger partial charge in [-0.2, -0.15) is 0 Å². The van der Waals surface area contributed by atoms with Crippen LogP contribution in [0.1, 0.15) is 40.2 Å². The van der Waals surface area contributed by atoms with Crippen LogP contribution in [0.5, 0.6) is 0 Å². The fraction of sp³-hybridized carbons (Fsp3) is 0.556. The van der Waals surface area contributed by atoms with Crippen molar-refractivity contribution in [2.45, 2.75) is 58.3 Å². The highest BCUT2D eigenvalue weighted by molar-refractivity contribution is 6.51. The van der Waals surface area contributed by atoms with Crippen LogP contribution in [0.4, 0.5) is 0 Å². The van der Waals surface area contributed by atoms with Gasteiger partial charge in [0.15, 0.2) is 0 Å². The van der Waals surface area contributed by atoms with Gasteiger partial charge in [0.05, 0.1) is 17.3 Å². The van der Waals surface area contributed by atoms with Crippen molar-refractivity contribution < 1.29 is 14.4 Å². The van der Waals surface area contributed by atoms with Crippen molar-refractivity contribution in [1.82, 2.24) is 0 Å². The van der Waals surface area contributed by atoms with E-state index in [1.165, 1.54) is 0 Å². The minimum absolute atomic E-state index is 0.0410. The minimum atomic E-state index is -0.416. The molecule has 1 aromatic rings. The van der Waals surface area contributed by atoms with Crippen molar-refractivity contribution in [2.75, 3.05) is 0 Å². The number of aliphatic hydroxyl groups is 1. The molecule has 1 aromatic carbocycles. The van der Waals surface area contributed by atoms with Gasteiger partial charge in [-0.15, -0.1) is 0 Å². The van der Waals surface area contributed by atoms with Crippen LogP contribution in [0.25, 0.3) is 0 Å². The monoisotopic (exact) mass is 302 g/mol. The maximum absolute atomic E-state index is 10.3. The van der Waals surface area contributed by atoms with E-state index in [9.17, 15) is 5.11 Å². The number of benzene rings is 1. The van der Waals surface area contributed by atoms with Crippen LogP contribution in [0.2, 0.25) is 0 Å². The van der Waals surface area contributed by atoms with E-state index in [-0.39, 0.29) is 24.2 Å². The van der Waals surface area contributed by atoms with Crippen LogP contribution in [0.15, 0.2) is 42.4 Å². The summed E-state index contributed by atoms with van der Waals surface area (Å²) in [5, 5.41) is 10.3. The summed E-state index contributed by atoms with van der Waals surface area (Å²) in [5.41, 5.74) is 0.493. The van der Waals surface area contributed by atoms with Crippen molar-refractivity contribution >= 4 is 7.12 Å². The van der Waals surface area contributed by atoms with Crippen molar-refractivity contribution in [1.29, 1.82) is 0 Å². The summed E-state index contributed by atoms with van der Waals surface area (Å²) in [6.07, 6.45) is 2.21. The standard InChI is InChI=1S/C18H27BO3/c1-14(16(20)13-15-9-7-6-8-10-15)11-12-19-21-17(2,3)18(4,5)22-19/h6-12,14,16,20H,13H2,1-5H3/b12-11+/t14-,16+/m1/s1. The second-order valence-electron chi connectivity index (χ2n) is 7.13. The lowest BCUT2D eigenvalue weighted by Crippen LogP contribution is -2.41. The van der Waals surface area contributed by atoms with Crippen LogP contribution in [-0.2, 0) is 15.7 Å². The van der Waals surface area contributed by atoms with Gasteiger partial charge < -0.3 is 14.4 Å². The zero-order valence-corrected chi connectivity index (χ0v) is 14.2. The first-order valence-corrected chi connectivity index (χ1v) is 7.97. The van der Waals surface area contributed by atoms with E-state index in [1.54, 1.807) is 0 Å². The third-order valence-electron chi connectivity index (χ3n) is 4.74. The summed E-state index contributed by atoms with van der Waals surface area (Å²) in [5.74, 6) is 1.95. The quantitative estimate of drug-likeness (QED) is 0.847. The number of aliphatic hydroxyl groups excluding tert-OH is 1. The maximum atomic E-state index is 10.3. The molecular weight excluding hydrogens is 275 g/mol. The maximum Gasteiger partial charge on any atom is 0.486 e. The molecule has 1 fully saturated rings. The molecule has 1 N–H and O–H groups in total. The molecule has 2 atom stereocenters. The highest BCUT2D eigenvalue weighted by atomic mass is 16.7. The first kappa shape index (κ1) is 17.3. The lowest BCUT2D eigenvalue weighted by Gasteiger charge is -2.32. The fourth-order valence-electron chi connectivity index (χ4n) is 2.40. The van der Waals surface area contributed by atoms with Crippen molar-refractivity contribution in [2.24, 2.45) is 5.92 Å². The van der Waals surface area contributed by atoms with Gasteiger partial charge in [-0.1, -0.05) is 49.3 Å². The van der Waals surface area contributed by atoms with E-state index >= 15 is 0 Å². The summed E-state index contributed by atoms with van der Waals surface area (Å²) in [6, 6.07) is 10.0. The molecule has 0 radical (unpaired) electrons. The van der Waals surface area contributed by atoms with Crippen molar-refractivity contribution in [3.8, 4) is 0 Å². The lowest BCUT2D eigenvalue weighted by molar-refractivity contribution is 0.00578. The van der Waals surface area contributed by atoms with E-state index in [0.717, 1.165) is 5.56 Å². The summed E-state index contributed by atoms with van der Waals surface area (Å²) in [7, 11) is -0.351. The van der Waals surface area contributed by atoms with Gasteiger partial charge in [-0.05, 0) is 45.6 Å². The second-order valence-corrected chi connectivity index (χ2v) is 7.13. The Kier molecular flexibility index (Phi) is 5.16. The molecule has 0 unspecified atom stereocenters. The first-order chi connectivity index (χ1) is 10.2. The molecule has 0 bridgehead atoms. The number of hydrogen-bond acceptors (Lipinski definition) is 3. The van der Waals surface area contributed by atoms with E-state index < -0.39 is 6.10 Å². The molecule has 1 heterocycles. The topological polar surface area (TPSA) is 38.7 Å². The van der Waals surface area contributed by atoms with Gasteiger partial charge in [-0.25, -0.2) is 0 Å². The van der Waals surface area contributed by atoms with Crippen molar-refractivity contribution in [3.63, 3.8) is 0 Å². The van der Waals surface area contributed by atoms with Crippen molar-refractivity contribution in [3.05, 3.63) is 47.9 Å². The highest BCUT2D eigenvalue weighted by Gasteiger charge is 2.50. The van der Waals surface area contributed by atoms with E-state index in [0.29, 0.717) is 6.42 Å². The molecule has 0 aromatic heterocycles. The minimum Gasteiger partial charge on any atom is -0.400 e. The Hall–Kier alpha value is -1.10. The second kappa shape index (κ2) is 6.57. The molecule has 0 amide bonds. The molecule has 0 spiro atoms. The SMILES string of the molecule is C[C@H](/C=C/B1OC(C)(C)C(C)(C)O1)[C@@H](O)Cc1ccccc1. The molecule has 2 rings (SSSR count). The molecule has 4 heteroatoms. The molecular formula is C18H27BO3. The van der Waals surface area contributed by atoms with E-state index in [4.69, 9.17) is 9.31 Å². The Morgan fingerprint density at radius 3 is 2.18 bits per heavy atom. The van der Waals surface area contributed by atoms with E-state index in [1.807, 2.05) is 77.0 Å². The Morgan fingerprint density at radius 2 is 1.64 bits per heavy atom. The average molecular weight is 302 g/mol. The zero-order valence-electron chi connectivity index (χ0n) is 14.2. The van der Waals surface area contributed by atoms with Gasteiger partial charge in [0.2, 0.25) is 0 Å². The summed E-state index contributed by atoms with van der Waals surface area (Å²) in [6.45, 7) is 10.2. The van der Waals surface area contributed by atoms with Gasteiger partial charge in [0.25, 0.3) is 0 Å². The fourth-order valence-corrected chi connectivity index (χ4v) is 2.40. The lowest BCUT2D eigenvalue weighted by atomic mass is 9.86. The third kappa shape index (κ3) is 4.00. The van der Waals surface area contributed by atoms with Gasteiger partial charge >= 0.3 is 7.12 Å².